The Morgan fingerprint density at radius 3 is 1.96 bits per heavy atom. The van der Waals surface area contributed by atoms with Crippen LogP contribution in [0.25, 0.3) is 0 Å². The van der Waals surface area contributed by atoms with Crippen molar-refractivity contribution in [3.05, 3.63) is 53.6 Å². The standard InChI is InChI=1S/C19H22N2O5S/c1-24-15-7-5-13(6-8-15)19-12-18(20-21(19)27(4,22)23)14-9-16(25-2)11-17(10-14)26-3/h5-11,19H,12H2,1-4H3/t19-/m1/s1. The maximum Gasteiger partial charge on any atom is 0.247 e. The average molecular weight is 390 g/mol. The Hall–Kier alpha value is -2.74. The molecule has 0 unspecified atom stereocenters. The Morgan fingerprint density at radius 2 is 1.48 bits per heavy atom. The van der Waals surface area contributed by atoms with Crippen LogP contribution in [-0.2, 0) is 10.0 Å². The number of ether oxygens (including phenoxy) is 3. The van der Waals surface area contributed by atoms with E-state index < -0.39 is 16.1 Å². The summed E-state index contributed by atoms with van der Waals surface area (Å²) in [5, 5.41) is 4.40. The molecule has 2 aromatic carbocycles. The van der Waals surface area contributed by atoms with Crippen LogP contribution in [0.4, 0.5) is 0 Å². The van der Waals surface area contributed by atoms with E-state index in [2.05, 4.69) is 5.10 Å². The van der Waals surface area contributed by atoms with Gasteiger partial charge in [-0.1, -0.05) is 12.1 Å². The first kappa shape index (κ1) is 19.0. The summed E-state index contributed by atoms with van der Waals surface area (Å²) in [6, 6.07) is 12.3. The predicted molar refractivity (Wildman–Crippen MR) is 103 cm³/mol. The monoisotopic (exact) mass is 390 g/mol. The summed E-state index contributed by atoms with van der Waals surface area (Å²) in [5.74, 6) is 1.94. The summed E-state index contributed by atoms with van der Waals surface area (Å²) < 4.78 is 41.6. The number of nitrogens with zero attached hydrogens (tertiary/aromatic N) is 2. The van der Waals surface area contributed by atoms with Crippen molar-refractivity contribution < 1.29 is 22.6 Å². The van der Waals surface area contributed by atoms with Crippen LogP contribution in [0.5, 0.6) is 17.2 Å². The molecule has 0 amide bonds. The zero-order valence-electron chi connectivity index (χ0n) is 15.7. The molecule has 0 bridgehead atoms. The normalized spacial score (nSPS) is 16.8. The smallest absolute Gasteiger partial charge is 0.247 e. The van der Waals surface area contributed by atoms with Gasteiger partial charge in [0, 0.05) is 18.1 Å². The van der Waals surface area contributed by atoms with E-state index >= 15 is 0 Å². The van der Waals surface area contributed by atoms with Crippen molar-refractivity contribution >= 4 is 15.7 Å². The zero-order chi connectivity index (χ0) is 19.6. The van der Waals surface area contributed by atoms with Gasteiger partial charge in [-0.2, -0.15) is 9.52 Å². The lowest BCUT2D eigenvalue weighted by Crippen LogP contribution is -2.25. The highest BCUT2D eigenvalue weighted by Crippen LogP contribution is 2.36. The lowest BCUT2D eigenvalue weighted by atomic mass is 9.99. The molecular weight excluding hydrogens is 368 g/mol. The summed E-state index contributed by atoms with van der Waals surface area (Å²) in [5.41, 5.74) is 2.25. The Morgan fingerprint density at radius 1 is 0.926 bits per heavy atom. The van der Waals surface area contributed by atoms with E-state index in [0.717, 1.165) is 21.8 Å². The first-order chi connectivity index (χ1) is 12.9. The molecule has 27 heavy (non-hydrogen) atoms. The molecule has 3 rings (SSSR count). The van der Waals surface area contributed by atoms with Gasteiger partial charge in [0.1, 0.15) is 17.2 Å². The summed E-state index contributed by atoms with van der Waals surface area (Å²) in [6.45, 7) is 0. The van der Waals surface area contributed by atoms with Crippen LogP contribution in [0.15, 0.2) is 47.6 Å². The second kappa shape index (κ2) is 7.48. The highest BCUT2D eigenvalue weighted by Gasteiger charge is 2.34. The van der Waals surface area contributed by atoms with Gasteiger partial charge in [0.05, 0.1) is 39.3 Å². The predicted octanol–water partition coefficient (Wildman–Crippen LogP) is 2.82. The van der Waals surface area contributed by atoms with E-state index in [9.17, 15) is 8.42 Å². The SMILES string of the molecule is COc1ccc([C@H]2CC(c3cc(OC)cc(OC)c3)=NN2S(C)(=O)=O)cc1. The molecule has 1 heterocycles. The molecule has 0 saturated heterocycles. The summed E-state index contributed by atoms with van der Waals surface area (Å²) in [4.78, 5) is 0. The molecule has 0 saturated carbocycles. The van der Waals surface area contributed by atoms with E-state index in [-0.39, 0.29) is 0 Å². The minimum absolute atomic E-state index is 0.418. The van der Waals surface area contributed by atoms with Crippen LogP contribution in [0.2, 0.25) is 0 Å². The molecule has 8 heteroatoms. The zero-order valence-corrected chi connectivity index (χ0v) is 16.5. The van der Waals surface area contributed by atoms with E-state index in [1.54, 1.807) is 27.4 Å². The van der Waals surface area contributed by atoms with Crippen LogP contribution in [0.1, 0.15) is 23.6 Å². The van der Waals surface area contributed by atoms with Crippen molar-refractivity contribution in [2.75, 3.05) is 27.6 Å². The van der Waals surface area contributed by atoms with E-state index in [1.165, 1.54) is 0 Å². The lowest BCUT2D eigenvalue weighted by Gasteiger charge is -2.21. The Bertz CT molecular complexity index is 932. The Labute approximate surface area is 159 Å². The Balaban J connectivity index is 2.01. The summed E-state index contributed by atoms with van der Waals surface area (Å²) in [7, 11) is 1.19. The highest BCUT2D eigenvalue weighted by molar-refractivity contribution is 7.88. The third kappa shape index (κ3) is 4.00. The van der Waals surface area contributed by atoms with Gasteiger partial charge in [-0.15, -0.1) is 0 Å². The molecule has 2 aromatic rings. The molecule has 0 radical (unpaired) electrons. The van der Waals surface area contributed by atoms with E-state index in [1.807, 2.05) is 36.4 Å². The van der Waals surface area contributed by atoms with Crippen LogP contribution >= 0.6 is 0 Å². The van der Waals surface area contributed by atoms with Crippen LogP contribution < -0.4 is 14.2 Å². The molecule has 7 nitrogen and oxygen atoms in total. The molecule has 1 aliphatic rings. The molecular formula is C19H22N2O5S. The van der Waals surface area contributed by atoms with Gasteiger partial charge >= 0.3 is 0 Å². The molecule has 1 atom stereocenters. The van der Waals surface area contributed by atoms with Gasteiger partial charge in [-0.3, -0.25) is 0 Å². The summed E-state index contributed by atoms with van der Waals surface area (Å²) in [6.07, 6.45) is 1.60. The minimum Gasteiger partial charge on any atom is -0.497 e. The number of hydrogen-bond acceptors (Lipinski definition) is 6. The number of sulfonamides is 1. The van der Waals surface area contributed by atoms with Crippen molar-refractivity contribution in [3.63, 3.8) is 0 Å². The van der Waals surface area contributed by atoms with Gasteiger partial charge in [0.2, 0.25) is 10.0 Å². The highest BCUT2D eigenvalue weighted by atomic mass is 32.2. The van der Waals surface area contributed by atoms with E-state index in [4.69, 9.17) is 14.2 Å². The van der Waals surface area contributed by atoms with Crippen molar-refractivity contribution in [2.45, 2.75) is 12.5 Å². The van der Waals surface area contributed by atoms with Gasteiger partial charge in [-0.05, 0) is 29.8 Å². The van der Waals surface area contributed by atoms with Crippen molar-refractivity contribution in [1.29, 1.82) is 0 Å². The molecule has 1 aliphatic heterocycles. The molecule has 0 spiro atoms. The first-order valence-electron chi connectivity index (χ1n) is 8.30. The fourth-order valence-corrected chi connectivity index (χ4v) is 3.92. The van der Waals surface area contributed by atoms with Crippen molar-refractivity contribution in [2.24, 2.45) is 5.10 Å². The Kier molecular flexibility index (Phi) is 5.27. The minimum atomic E-state index is -3.54. The fourth-order valence-electron chi connectivity index (χ4n) is 3.02. The maximum absolute atomic E-state index is 12.3. The number of rotatable bonds is 6. The average Bonchev–Trinajstić information content (AvgIpc) is 3.13. The van der Waals surface area contributed by atoms with E-state index in [0.29, 0.717) is 29.4 Å². The van der Waals surface area contributed by atoms with Gasteiger partial charge in [0.15, 0.2) is 0 Å². The topological polar surface area (TPSA) is 77.4 Å². The number of hydrogen-bond donors (Lipinski definition) is 0. The van der Waals surface area contributed by atoms with Crippen LogP contribution in [-0.4, -0.2) is 46.1 Å². The van der Waals surface area contributed by atoms with Gasteiger partial charge < -0.3 is 14.2 Å². The largest absolute Gasteiger partial charge is 0.497 e. The van der Waals surface area contributed by atoms with Gasteiger partial charge in [-0.25, -0.2) is 8.42 Å². The summed E-state index contributed by atoms with van der Waals surface area (Å²) >= 11 is 0. The van der Waals surface area contributed by atoms with Crippen molar-refractivity contribution in [3.8, 4) is 17.2 Å². The fraction of sp³-hybridized carbons (Fsp3) is 0.316. The van der Waals surface area contributed by atoms with Crippen LogP contribution in [0, 0.1) is 0 Å². The second-order valence-corrected chi connectivity index (χ2v) is 8.02. The third-order valence-electron chi connectivity index (χ3n) is 4.40. The van der Waals surface area contributed by atoms with Crippen LogP contribution in [0.3, 0.4) is 0 Å². The number of methoxy groups -OCH3 is 3. The maximum atomic E-state index is 12.3. The number of hydrazone groups is 1. The molecule has 144 valence electrons. The third-order valence-corrected chi connectivity index (χ3v) is 5.41. The molecule has 0 N–H and O–H groups in total. The molecule has 0 aromatic heterocycles. The molecule has 0 fully saturated rings. The second-order valence-electron chi connectivity index (χ2n) is 6.18. The lowest BCUT2D eigenvalue weighted by molar-refractivity contribution is 0.374. The quantitative estimate of drug-likeness (QED) is 0.758. The number of benzene rings is 2. The van der Waals surface area contributed by atoms with Crippen molar-refractivity contribution in [1.82, 2.24) is 4.41 Å². The first-order valence-corrected chi connectivity index (χ1v) is 10.1. The molecule has 0 aliphatic carbocycles. The van der Waals surface area contributed by atoms with Gasteiger partial charge in [0.25, 0.3) is 0 Å².